The molecule has 15 heteroatoms. The van der Waals surface area contributed by atoms with E-state index in [4.69, 9.17) is 42.6 Å². The minimum Gasteiger partial charge on any atom is -0.431 e. The molecule has 0 aliphatic heterocycles. The second-order valence-electron chi connectivity index (χ2n) is 9.80. The van der Waals surface area contributed by atoms with Gasteiger partial charge in [-0.05, 0) is 52.4 Å². The van der Waals surface area contributed by atoms with Gasteiger partial charge >= 0.3 is 24.6 Å². The van der Waals surface area contributed by atoms with Gasteiger partial charge in [-0.2, -0.15) is 0 Å². The zero-order chi connectivity index (χ0) is 30.0. The minimum absolute atomic E-state index is 0.0178. The van der Waals surface area contributed by atoms with Crippen molar-refractivity contribution in [3.8, 4) is 0 Å². The fraction of sp³-hybridized carbons (Fsp3) is 0.846. The highest BCUT2D eigenvalue weighted by molar-refractivity contribution is 5.61. The highest BCUT2D eigenvalue weighted by atomic mass is 16.8. The van der Waals surface area contributed by atoms with E-state index in [1.54, 1.807) is 13.8 Å². The second-order valence-corrected chi connectivity index (χ2v) is 9.80. The Hall–Kier alpha value is -3.04. The third-order valence-corrected chi connectivity index (χ3v) is 6.18. The van der Waals surface area contributed by atoms with Crippen LogP contribution in [-0.2, 0) is 42.6 Å². The van der Waals surface area contributed by atoms with Crippen molar-refractivity contribution >= 4 is 24.6 Å². The van der Waals surface area contributed by atoms with Crippen LogP contribution in [0.5, 0.6) is 0 Å². The molecular formula is C26H42O15. The molecule has 2 aliphatic rings. The summed E-state index contributed by atoms with van der Waals surface area (Å²) in [5.74, 6) is 0. The Balaban J connectivity index is 1.44. The van der Waals surface area contributed by atoms with Gasteiger partial charge in [-0.15, -0.1) is 0 Å². The fourth-order valence-corrected chi connectivity index (χ4v) is 4.11. The fourth-order valence-electron chi connectivity index (χ4n) is 4.11. The lowest BCUT2D eigenvalue weighted by atomic mass is 9.95. The van der Waals surface area contributed by atoms with Gasteiger partial charge in [0, 0.05) is 0 Å². The maximum absolute atomic E-state index is 11.7. The maximum atomic E-state index is 11.7. The summed E-state index contributed by atoms with van der Waals surface area (Å²) in [5.41, 5.74) is 0. The average Bonchev–Trinajstić information content (AvgIpc) is 2.91. The number of carbonyl (C=O) groups is 4. The summed E-state index contributed by atoms with van der Waals surface area (Å²) in [6, 6.07) is 0. The highest BCUT2D eigenvalue weighted by Gasteiger charge is 2.28. The molecular weight excluding hydrogens is 552 g/mol. The van der Waals surface area contributed by atoms with E-state index in [9.17, 15) is 29.4 Å². The van der Waals surface area contributed by atoms with E-state index in [1.165, 1.54) is 0 Å². The quantitative estimate of drug-likeness (QED) is 0.169. The van der Waals surface area contributed by atoms with Gasteiger partial charge in [0.05, 0.1) is 25.4 Å². The summed E-state index contributed by atoms with van der Waals surface area (Å²) in [4.78, 5) is 46.8. The summed E-state index contributed by atoms with van der Waals surface area (Å²) in [7, 11) is 0. The molecule has 15 nitrogen and oxygen atoms in total. The van der Waals surface area contributed by atoms with Gasteiger partial charge in [0.25, 0.3) is 0 Å². The molecule has 2 saturated carbocycles. The Bertz CT molecular complexity index is 742. The highest BCUT2D eigenvalue weighted by Crippen LogP contribution is 2.22. The van der Waals surface area contributed by atoms with E-state index in [0.29, 0.717) is 25.7 Å². The van der Waals surface area contributed by atoms with E-state index in [0.717, 1.165) is 25.7 Å². The van der Waals surface area contributed by atoms with Crippen molar-refractivity contribution in [3.63, 3.8) is 0 Å². The van der Waals surface area contributed by atoms with Crippen LogP contribution < -0.4 is 0 Å². The molecule has 0 saturated heterocycles. The van der Waals surface area contributed by atoms with Crippen molar-refractivity contribution in [1.82, 2.24) is 0 Å². The SMILES string of the molecule is CC(COCC(C)OC(=O)OCCOC(=O)OC1CCCCC1O)OC(=O)OCCOC(=O)OC1CCCCC1O. The Morgan fingerprint density at radius 3 is 1.29 bits per heavy atom. The Kier molecular flexibility index (Phi) is 16.0. The van der Waals surface area contributed by atoms with Crippen LogP contribution >= 0.6 is 0 Å². The topological polar surface area (TPSA) is 192 Å². The summed E-state index contributed by atoms with van der Waals surface area (Å²) in [5, 5.41) is 19.6. The normalized spacial score (nSPS) is 23.7. The van der Waals surface area contributed by atoms with Crippen LogP contribution in [0.15, 0.2) is 0 Å². The van der Waals surface area contributed by atoms with E-state index < -0.39 is 61.2 Å². The first-order valence-corrected chi connectivity index (χ1v) is 13.9. The monoisotopic (exact) mass is 594 g/mol. The third kappa shape index (κ3) is 15.0. The Morgan fingerprint density at radius 2 is 0.927 bits per heavy atom. The predicted octanol–water partition coefficient (Wildman–Crippen LogP) is 3.00. The number of aliphatic hydroxyl groups is 2. The number of carbonyl (C=O) groups excluding carboxylic acids is 4. The van der Waals surface area contributed by atoms with E-state index in [2.05, 4.69) is 0 Å². The number of aliphatic hydroxyl groups excluding tert-OH is 2. The zero-order valence-electron chi connectivity index (χ0n) is 23.6. The molecule has 0 spiro atoms. The molecule has 2 N–H and O–H groups in total. The minimum atomic E-state index is -0.991. The van der Waals surface area contributed by atoms with Crippen LogP contribution in [0.2, 0.25) is 0 Å². The molecule has 0 amide bonds. The van der Waals surface area contributed by atoms with Crippen LogP contribution in [-0.4, -0.2) is 111 Å². The van der Waals surface area contributed by atoms with Gasteiger partial charge in [-0.1, -0.05) is 12.8 Å². The molecule has 0 aromatic heterocycles. The van der Waals surface area contributed by atoms with Crippen molar-refractivity contribution in [2.45, 2.75) is 102 Å². The Morgan fingerprint density at radius 1 is 0.585 bits per heavy atom. The lowest BCUT2D eigenvalue weighted by molar-refractivity contribution is -0.0591. The lowest BCUT2D eigenvalue weighted by Crippen LogP contribution is -2.34. The van der Waals surface area contributed by atoms with E-state index >= 15 is 0 Å². The standard InChI is InChI=1S/C26H42O15/c1-17(38-23(29)34-11-13-36-25(31)40-21-9-5-3-7-19(21)27)15-33-16-18(2)39-24(30)35-12-14-37-26(32)41-22-10-6-4-8-20(22)28/h17-22,27-28H,3-16H2,1-2H3. The largest absolute Gasteiger partial charge is 0.508 e. The first-order valence-electron chi connectivity index (χ1n) is 13.9. The molecule has 2 rings (SSSR count). The van der Waals surface area contributed by atoms with E-state index in [-0.39, 0.29) is 39.6 Å². The molecule has 41 heavy (non-hydrogen) atoms. The summed E-state index contributed by atoms with van der Waals surface area (Å²) in [6.07, 6.45) is -2.12. The van der Waals surface area contributed by atoms with Gasteiger partial charge in [-0.25, -0.2) is 19.2 Å². The maximum Gasteiger partial charge on any atom is 0.508 e. The van der Waals surface area contributed by atoms with Crippen molar-refractivity contribution in [1.29, 1.82) is 0 Å². The first-order chi connectivity index (χ1) is 19.6. The van der Waals surface area contributed by atoms with Gasteiger partial charge in [0.2, 0.25) is 0 Å². The van der Waals surface area contributed by atoms with Gasteiger partial charge in [-0.3, -0.25) is 0 Å². The summed E-state index contributed by atoms with van der Waals surface area (Å²) < 4.78 is 44.8. The molecule has 2 fully saturated rings. The van der Waals surface area contributed by atoms with Crippen molar-refractivity contribution in [2.24, 2.45) is 0 Å². The third-order valence-electron chi connectivity index (χ3n) is 6.18. The number of hydrogen-bond donors (Lipinski definition) is 2. The van der Waals surface area contributed by atoms with Crippen molar-refractivity contribution < 1.29 is 72.0 Å². The molecule has 236 valence electrons. The molecule has 2 aliphatic carbocycles. The summed E-state index contributed by atoms with van der Waals surface area (Å²) in [6.45, 7) is 2.09. The average molecular weight is 595 g/mol. The van der Waals surface area contributed by atoms with Gasteiger partial charge < -0.3 is 52.8 Å². The van der Waals surface area contributed by atoms with Gasteiger partial charge in [0.15, 0.2) is 0 Å². The molecule has 0 heterocycles. The van der Waals surface area contributed by atoms with Crippen LogP contribution in [0.1, 0.15) is 65.2 Å². The summed E-state index contributed by atoms with van der Waals surface area (Å²) >= 11 is 0. The molecule has 0 aromatic carbocycles. The molecule has 6 atom stereocenters. The molecule has 6 unspecified atom stereocenters. The smallest absolute Gasteiger partial charge is 0.431 e. The van der Waals surface area contributed by atoms with Crippen LogP contribution in [0.4, 0.5) is 19.2 Å². The van der Waals surface area contributed by atoms with Crippen LogP contribution in [0.25, 0.3) is 0 Å². The van der Waals surface area contributed by atoms with Crippen LogP contribution in [0.3, 0.4) is 0 Å². The predicted molar refractivity (Wildman–Crippen MR) is 136 cm³/mol. The molecule has 0 bridgehead atoms. The lowest BCUT2D eigenvalue weighted by Gasteiger charge is -2.26. The second kappa shape index (κ2) is 19.1. The van der Waals surface area contributed by atoms with Crippen LogP contribution in [0, 0.1) is 0 Å². The van der Waals surface area contributed by atoms with Crippen molar-refractivity contribution in [3.05, 3.63) is 0 Å². The van der Waals surface area contributed by atoms with Crippen molar-refractivity contribution in [2.75, 3.05) is 39.6 Å². The number of ether oxygens (including phenoxy) is 9. The molecule has 0 radical (unpaired) electrons. The Labute approximate surface area is 238 Å². The zero-order valence-corrected chi connectivity index (χ0v) is 23.6. The van der Waals surface area contributed by atoms with E-state index in [1.807, 2.05) is 0 Å². The molecule has 0 aromatic rings. The number of hydrogen-bond acceptors (Lipinski definition) is 15. The first kappa shape index (κ1) is 34.2. The number of rotatable bonds is 14. The van der Waals surface area contributed by atoms with Gasteiger partial charge in [0.1, 0.15) is 50.8 Å².